The zero-order chi connectivity index (χ0) is 19.0. The van der Waals surface area contributed by atoms with Crippen LogP contribution in [0.2, 0.25) is 0 Å². The van der Waals surface area contributed by atoms with Crippen LogP contribution in [0.3, 0.4) is 0 Å². The molecular weight excluding hydrogens is 302 g/mol. The Balaban J connectivity index is 0. The lowest BCUT2D eigenvalue weighted by atomic mass is 10.1. The van der Waals surface area contributed by atoms with Crippen LogP contribution in [0.1, 0.15) is 31.7 Å². The first kappa shape index (κ1) is 23.5. The van der Waals surface area contributed by atoms with Gasteiger partial charge in [-0.25, -0.2) is 5.48 Å². The van der Waals surface area contributed by atoms with Crippen LogP contribution in [-0.2, 0) is 4.79 Å². The third kappa shape index (κ3) is 11.8. The van der Waals surface area contributed by atoms with Crippen molar-refractivity contribution in [3.05, 3.63) is 67.8 Å². The fourth-order valence-electron chi connectivity index (χ4n) is 1.41. The molecule has 5 heteroatoms. The summed E-state index contributed by atoms with van der Waals surface area (Å²) in [5.41, 5.74) is 15.4. The number of nitrogen functional groups attached to an aromatic ring is 2. The summed E-state index contributed by atoms with van der Waals surface area (Å²) >= 11 is 0. The maximum Gasteiger partial charge on any atom is 0.267 e. The van der Waals surface area contributed by atoms with Gasteiger partial charge in [0, 0.05) is 6.08 Å². The van der Waals surface area contributed by atoms with Crippen LogP contribution in [0.5, 0.6) is 0 Å². The van der Waals surface area contributed by atoms with Crippen molar-refractivity contribution in [1.29, 1.82) is 0 Å². The average molecular weight is 331 g/mol. The van der Waals surface area contributed by atoms with Crippen LogP contribution < -0.4 is 16.9 Å². The minimum Gasteiger partial charge on any atom is -0.397 e. The highest BCUT2D eigenvalue weighted by Crippen LogP contribution is 2.16. The van der Waals surface area contributed by atoms with Crippen molar-refractivity contribution in [2.24, 2.45) is 0 Å². The molecule has 1 aromatic rings. The number of hydroxylamine groups is 1. The summed E-state index contributed by atoms with van der Waals surface area (Å²) in [6.45, 7) is 15.6. The molecule has 0 spiro atoms. The minimum absolute atomic E-state index is 0.455. The molecule has 1 rings (SSSR count). The average Bonchev–Trinajstić information content (AvgIpc) is 2.62. The smallest absolute Gasteiger partial charge is 0.267 e. The molecule has 0 aliphatic heterocycles. The SMILES string of the molecule is C=C.C=CC(=C)CCCC.Nc1ccc(/C=C/C(=O)NO)cc1N. The lowest BCUT2D eigenvalue weighted by Crippen LogP contribution is -2.14. The molecule has 0 aliphatic carbocycles. The summed E-state index contributed by atoms with van der Waals surface area (Å²) in [4.78, 5) is 10.6. The highest BCUT2D eigenvalue weighted by molar-refractivity contribution is 5.91. The Morgan fingerprint density at radius 1 is 1.29 bits per heavy atom. The van der Waals surface area contributed by atoms with Gasteiger partial charge >= 0.3 is 0 Å². The molecular formula is C19H29N3O2. The molecule has 0 saturated carbocycles. The first-order chi connectivity index (χ1) is 11.4. The molecule has 0 heterocycles. The van der Waals surface area contributed by atoms with E-state index in [1.165, 1.54) is 30.5 Å². The second kappa shape index (κ2) is 15.1. The molecule has 0 aliphatic rings. The number of amides is 1. The van der Waals surface area contributed by atoms with Crippen LogP contribution in [0.15, 0.2) is 62.2 Å². The highest BCUT2D eigenvalue weighted by atomic mass is 16.5. The maximum atomic E-state index is 10.6. The molecule has 24 heavy (non-hydrogen) atoms. The summed E-state index contributed by atoms with van der Waals surface area (Å²) in [5.74, 6) is -0.597. The van der Waals surface area contributed by atoms with E-state index in [0.717, 1.165) is 17.6 Å². The van der Waals surface area contributed by atoms with Crippen molar-refractivity contribution < 1.29 is 10.0 Å². The molecule has 0 radical (unpaired) electrons. The molecule has 0 unspecified atom stereocenters. The van der Waals surface area contributed by atoms with E-state index in [1.807, 2.05) is 6.08 Å². The predicted molar refractivity (Wildman–Crippen MR) is 104 cm³/mol. The van der Waals surface area contributed by atoms with Crippen molar-refractivity contribution in [1.82, 2.24) is 5.48 Å². The fourth-order valence-corrected chi connectivity index (χ4v) is 1.41. The molecule has 0 aromatic heterocycles. The van der Waals surface area contributed by atoms with Gasteiger partial charge in [-0.2, -0.15) is 0 Å². The van der Waals surface area contributed by atoms with Gasteiger partial charge in [0.2, 0.25) is 0 Å². The van der Waals surface area contributed by atoms with E-state index >= 15 is 0 Å². The van der Waals surface area contributed by atoms with Gasteiger partial charge in [0.25, 0.3) is 5.91 Å². The van der Waals surface area contributed by atoms with Crippen molar-refractivity contribution in [3.8, 4) is 0 Å². The van der Waals surface area contributed by atoms with Gasteiger partial charge in [-0.3, -0.25) is 10.0 Å². The number of benzene rings is 1. The second-order valence-corrected chi connectivity index (χ2v) is 4.66. The number of hydrogen-bond donors (Lipinski definition) is 4. The fraction of sp³-hybridized carbons (Fsp3) is 0.211. The summed E-state index contributed by atoms with van der Waals surface area (Å²) in [6.07, 6.45) is 8.12. The largest absolute Gasteiger partial charge is 0.397 e. The minimum atomic E-state index is -0.597. The number of unbranched alkanes of at least 4 members (excludes halogenated alkanes) is 1. The second-order valence-electron chi connectivity index (χ2n) is 4.66. The van der Waals surface area contributed by atoms with E-state index in [2.05, 4.69) is 33.2 Å². The Labute approximate surface area is 145 Å². The van der Waals surface area contributed by atoms with Crippen LogP contribution in [0.25, 0.3) is 6.08 Å². The molecule has 0 saturated heterocycles. The number of carbonyl (C=O) groups is 1. The lowest BCUT2D eigenvalue weighted by molar-refractivity contribution is -0.124. The van der Waals surface area contributed by atoms with E-state index in [4.69, 9.17) is 16.7 Å². The van der Waals surface area contributed by atoms with Gasteiger partial charge in [0.05, 0.1) is 11.4 Å². The number of nitrogens with two attached hydrogens (primary N) is 2. The molecule has 0 bridgehead atoms. The van der Waals surface area contributed by atoms with Crippen LogP contribution in [0, 0.1) is 0 Å². The number of anilines is 2. The maximum absolute atomic E-state index is 10.6. The van der Waals surface area contributed by atoms with E-state index in [0.29, 0.717) is 11.4 Å². The number of carbonyl (C=O) groups excluding carboxylic acids is 1. The van der Waals surface area contributed by atoms with Crippen LogP contribution in [-0.4, -0.2) is 11.1 Å². The number of hydrogen-bond acceptors (Lipinski definition) is 4. The first-order valence-electron chi connectivity index (χ1n) is 7.51. The van der Waals surface area contributed by atoms with Crippen LogP contribution in [0.4, 0.5) is 11.4 Å². The summed E-state index contributed by atoms with van der Waals surface area (Å²) in [6, 6.07) is 5.00. The summed E-state index contributed by atoms with van der Waals surface area (Å²) < 4.78 is 0. The normalized spacial score (nSPS) is 9.08. The van der Waals surface area contributed by atoms with Crippen molar-refractivity contribution in [2.45, 2.75) is 26.2 Å². The third-order valence-corrected chi connectivity index (χ3v) is 2.79. The van der Waals surface area contributed by atoms with Gasteiger partial charge in [0.15, 0.2) is 0 Å². The lowest BCUT2D eigenvalue weighted by Gasteiger charge is -2.00. The quantitative estimate of drug-likeness (QED) is 0.157. The molecule has 5 nitrogen and oxygen atoms in total. The van der Waals surface area contributed by atoms with E-state index in [-0.39, 0.29) is 0 Å². The number of rotatable bonds is 6. The Hall–Kier alpha value is -2.79. The van der Waals surface area contributed by atoms with Crippen molar-refractivity contribution in [3.63, 3.8) is 0 Å². The van der Waals surface area contributed by atoms with E-state index in [1.54, 1.807) is 18.2 Å². The van der Waals surface area contributed by atoms with Crippen molar-refractivity contribution >= 4 is 23.4 Å². The summed E-state index contributed by atoms with van der Waals surface area (Å²) in [5, 5.41) is 8.22. The topological polar surface area (TPSA) is 101 Å². The standard InChI is InChI=1S/C9H11N3O2.C8H14.C2H4/c10-7-3-1-6(5-8(7)11)2-4-9(13)12-14;1-4-6-7-8(3)5-2;1-2/h1-5,14H,10-11H2,(H,12,13);5H,2-4,6-7H2,1H3;1-2H2/b4-2+;;. The molecule has 0 fully saturated rings. The van der Waals surface area contributed by atoms with Crippen LogP contribution >= 0.6 is 0 Å². The van der Waals surface area contributed by atoms with Crippen molar-refractivity contribution in [2.75, 3.05) is 11.5 Å². The Bertz CT molecular complexity index is 552. The Morgan fingerprint density at radius 2 is 1.92 bits per heavy atom. The zero-order valence-corrected chi connectivity index (χ0v) is 14.4. The summed E-state index contributed by atoms with van der Waals surface area (Å²) in [7, 11) is 0. The number of nitrogens with one attached hydrogen (secondary N) is 1. The van der Waals surface area contributed by atoms with Gasteiger partial charge in [-0.15, -0.1) is 13.2 Å². The van der Waals surface area contributed by atoms with Gasteiger partial charge in [-0.1, -0.05) is 44.2 Å². The van der Waals surface area contributed by atoms with E-state index in [9.17, 15) is 4.79 Å². The van der Waals surface area contributed by atoms with Gasteiger partial charge in [0.1, 0.15) is 0 Å². The van der Waals surface area contributed by atoms with Gasteiger partial charge < -0.3 is 11.5 Å². The predicted octanol–water partition coefficient (Wildman–Crippen LogP) is 4.09. The van der Waals surface area contributed by atoms with E-state index < -0.39 is 5.91 Å². The third-order valence-electron chi connectivity index (χ3n) is 2.79. The monoisotopic (exact) mass is 331 g/mol. The Kier molecular flexibility index (Phi) is 14.8. The molecule has 1 amide bonds. The Morgan fingerprint density at radius 3 is 2.38 bits per heavy atom. The number of allylic oxidation sites excluding steroid dienone is 2. The highest BCUT2D eigenvalue weighted by Gasteiger charge is 1.95. The van der Waals surface area contributed by atoms with Gasteiger partial charge in [-0.05, 0) is 36.6 Å². The molecule has 1 aromatic carbocycles. The first-order valence-corrected chi connectivity index (χ1v) is 7.51. The molecule has 6 N–H and O–H groups in total. The zero-order valence-electron chi connectivity index (χ0n) is 14.4. The molecule has 132 valence electrons. The molecule has 0 atom stereocenters.